The minimum Gasteiger partial charge on any atom is -0.397 e. The van der Waals surface area contributed by atoms with Gasteiger partial charge < -0.3 is 10.2 Å². The van der Waals surface area contributed by atoms with Crippen molar-refractivity contribution < 1.29 is 9.63 Å². The molecular formula is C32H35N5O3. The number of unbranched alkanes of at least 4 members (excludes halogenated alkanes) is 1. The number of aryl methyl sites for hydroxylation is 3. The third-order valence-electron chi connectivity index (χ3n) is 6.81. The molecule has 0 atom stereocenters. The Morgan fingerprint density at radius 1 is 1.07 bits per heavy atom. The van der Waals surface area contributed by atoms with E-state index in [0.29, 0.717) is 31.0 Å². The second-order valence-electron chi connectivity index (χ2n) is 9.71. The molecule has 0 radical (unpaired) electrons. The van der Waals surface area contributed by atoms with Crippen LogP contribution in [0.15, 0.2) is 76.8 Å². The molecule has 0 saturated carbocycles. The van der Waals surface area contributed by atoms with Gasteiger partial charge in [-0.2, -0.15) is 0 Å². The van der Waals surface area contributed by atoms with Gasteiger partial charge in [0.1, 0.15) is 12.9 Å². The van der Waals surface area contributed by atoms with Crippen LogP contribution in [0.25, 0.3) is 11.1 Å². The van der Waals surface area contributed by atoms with E-state index in [1.54, 1.807) is 4.57 Å². The van der Waals surface area contributed by atoms with Gasteiger partial charge in [0.25, 0.3) is 5.56 Å². The summed E-state index contributed by atoms with van der Waals surface area (Å²) in [7, 11) is 1.43. The predicted molar refractivity (Wildman–Crippen MR) is 157 cm³/mol. The van der Waals surface area contributed by atoms with Gasteiger partial charge in [0.2, 0.25) is 6.41 Å². The summed E-state index contributed by atoms with van der Waals surface area (Å²) in [6.45, 7) is 6.41. The van der Waals surface area contributed by atoms with Crippen molar-refractivity contribution in [1.29, 1.82) is 0 Å². The average Bonchev–Trinajstić information content (AvgIpc) is 2.97. The monoisotopic (exact) mass is 537 g/mol. The summed E-state index contributed by atoms with van der Waals surface area (Å²) < 4.78 is 1.73. The van der Waals surface area contributed by atoms with E-state index in [2.05, 4.69) is 22.4 Å². The number of hydrogen-bond donors (Lipinski definition) is 1. The summed E-state index contributed by atoms with van der Waals surface area (Å²) in [6, 6.07) is 19.7. The molecule has 1 amide bonds. The summed E-state index contributed by atoms with van der Waals surface area (Å²) in [6.07, 6.45) is 5.64. The van der Waals surface area contributed by atoms with E-state index in [4.69, 9.17) is 9.82 Å². The zero-order valence-electron chi connectivity index (χ0n) is 23.5. The zero-order valence-corrected chi connectivity index (χ0v) is 23.5. The number of carbonyl (C=O) groups excluding carboxylic acids is 1. The van der Waals surface area contributed by atoms with Crippen molar-refractivity contribution in [2.45, 2.75) is 53.0 Å². The Labute approximate surface area is 234 Å². The Kier molecular flexibility index (Phi) is 9.57. The maximum atomic E-state index is 13.8. The maximum absolute atomic E-state index is 13.8. The highest BCUT2D eigenvalue weighted by molar-refractivity contribution is 6.08. The first-order valence-corrected chi connectivity index (χ1v) is 13.5. The number of carbonyl (C=O) groups is 1. The number of oxime groups is 1. The van der Waals surface area contributed by atoms with E-state index in [9.17, 15) is 9.59 Å². The molecule has 40 heavy (non-hydrogen) atoms. The number of hydrogen-bond acceptors (Lipinski definition) is 6. The highest BCUT2D eigenvalue weighted by Crippen LogP contribution is 2.25. The van der Waals surface area contributed by atoms with Crippen molar-refractivity contribution in [1.82, 2.24) is 19.9 Å². The van der Waals surface area contributed by atoms with E-state index < -0.39 is 0 Å². The van der Waals surface area contributed by atoms with Crippen molar-refractivity contribution in [3.05, 3.63) is 117 Å². The van der Waals surface area contributed by atoms with Crippen LogP contribution < -0.4 is 10.9 Å². The van der Waals surface area contributed by atoms with E-state index in [1.165, 1.54) is 7.11 Å². The molecule has 0 aliphatic carbocycles. The normalized spacial score (nSPS) is 11.3. The van der Waals surface area contributed by atoms with E-state index in [1.807, 2.05) is 80.7 Å². The number of nitrogens with one attached hydrogen (secondary N) is 1. The summed E-state index contributed by atoms with van der Waals surface area (Å²) >= 11 is 0. The van der Waals surface area contributed by atoms with Gasteiger partial charge in [0.15, 0.2) is 5.84 Å². The average molecular weight is 538 g/mol. The van der Waals surface area contributed by atoms with E-state index in [-0.39, 0.29) is 5.56 Å². The molecule has 1 N–H and O–H groups in total. The Hall–Kier alpha value is -4.59. The van der Waals surface area contributed by atoms with Crippen LogP contribution in [0.1, 0.15) is 59.2 Å². The Balaban J connectivity index is 1.68. The van der Waals surface area contributed by atoms with Gasteiger partial charge in [-0.3, -0.25) is 19.1 Å². The first kappa shape index (κ1) is 28.4. The second kappa shape index (κ2) is 13.5. The van der Waals surface area contributed by atoms with Gasteiger partial charge >= 0.3 is 0 Å². The molecule has 2 aromatic heterocycles. The predicted octanol–water partition coefficient (Wildman–Crippen LogP) is 4.96. The van der Waals surface area contributed by atoms with Crippen molar-refractivity contribution in [3.63, 3.8) is 0 Å². The molecule has 0 spiro atoms. The van der Waals surface area contributed by atoms with Crippen LogP contribution in [0.3, 0.4) is 0 Å². The van der Waals surface area contributed by atoms with Gasteiger partial charge in [-0.15, -0.1) is 0 Å². The lowest BCUT2D eigenvalue weighted by atomic mass is 9.96. The van der Waals surface area contributed by atoms with Crippen LogP contribution in [0.2, 0.25) is 0 Å². The molecule has 8 nitrogen and oxygen atoms in total. The van der Waals surface area contributed by atoms with Crippen LogP contribution in [-0.4, -0.2) is 33.9 Å². The molecule has 0 aliphatic heterocycles. The van der Waals surface area contributed by atoms with Crippen molar-refractivity contribution in [3.8, 4) is 11.1 Å². The molecule has 4 aromatic rings. The first-order valence-electron chi connectivity index (χ1n) is 13.5. The molecule has 0 bridgehead atoms. The molecule has 4 rings (SSSR count). The molecule has 2 aromatic carbocycles. The second-order valence-corrected chi connectivity index (χ2v) is 9.71. The van der Waals surface area contributed by atoms with Crippen LogP contribution >= 0.6 is 0 Å². The number of nitrogens with zero attached hydrogens (tertiary/aromatic N) is 4. The smallest absolute Gasteiger partial charge is 0.257 e. The Morgan fingerprint density at radius 3 is 2.52 bits per heavy atom. The zero-order chi connectivity index (χ0) is 28.5. The molecule has 2 heterocycles. The van der Waals surface area contributed by atoms with E-state index >= 15 is 0 Å². The van der Waals surface area contributed by atoms with Crippen molar-refractivity contribution in [2.75, 3.05) is 7.11 Å². The number of benzene rings is 2. The summed E-state index contributed by atoms with van der Waals surface area (Å²) in [4.78, 5) is 39.2. The topological polar surface area (TPSA) is 98.5 Å². The lowest BCUT2D eigenvalue weighted by Gasteiger charge is -2.16. The van der Waals surface area contributed by atoms with Gasteiger partial charge in [0, 0.05) is 23.7 Å². The SMILES string of the molecule is CCCCc1nc(C)n(Cc2ccc(C)cn2)c(=O)c1Cc1ccc(-c2ccccc2/C(=N/OC)NC=O)cc1. The fourth-order valence-corrected chi connectivity index (χ4v) is 4.67. The Morgan fingerprint density at radius 2 is 1.85 bits per heavy atom. The first-order chi connectivity index (χ1) is 19.4. The fourth-order valence-electron chi connectivity index (χ4n) is 4.67. The quantitative estimate of drug-likeness (QED) is 0.126. The lowest BCUT2D eigenvalue weighted by molar-refractivity contribution is -0.108. The van der Waals surface area contributed by atoms with Crippen LogP contribution in [0.5, 0.6) is 0 Å². The number of pyridine rings is 1. The highest BCUT2D eigenvalue weighted by atomic mass is 16.6. The van der Waals surface area contributed by atoms with Crippen molar-refractivity contribution in [2.24, 2.45) is 5.16 Å². The van der Waals surface area contributed by atoms with Crippen LogP contribution in [-0.2, 0) is 29.0 Å². The van der Waals surface area contributed by atoms with Gasteiger partial charge in [-0.05, 0) is 55.0 Å². The van der Waals surface area contributed by atoms with Crippen molar-refractivity contribution >= 4 is 12.2 Å². The lowest BCUT2D eigenvalue weighted by Crippen LogP contribution is -2.30. The molecule has 0 saturated heterocycles. The largest absolute Gasteiger partial charge is 0.397 e. The molecule has 206 valence electrons. The molecular weight excluding hydrogens is 502 g/mol. The van der Waals surface area contributed by atoms with Gasteiger partial charge in [0.05, 0.1) is 17.9 Å². The highest BCUT2D eigenvalue weighted by Gasteiger charge is 2.17. The van der Waals surface area contributed by atoms with Gasteiger partial charge in [-0.1, -0.05) is 73.1 Å². The third-order valence-corrected chi connectivity index (χ3v) is 6.81. The fraction of sp³-hybridized carbons (Fsp3) is 0.281. The van der Waals surface area contributed by atoms with E-state index in [0.717, 1.165) is 64.0 Å². The summed E-state index contributed by atoms with van der Waals surface area (Å²) in [5.41, 5.74) is 7.08. The maximum Gasteiger partial charge on any atom is 0.257 e. The van der Waals surface area contributed by atoms with Gasteiger partial charge in [-0.25, -0.2) is 4.98 Å². The number of rotatable bonds is 11. The third kappa shape index (κ3) is 6.69. The molecule has 0 unspecified atom stereocenters. The van der Waals surface area contributed by atoms with Crippen LogP contribution in [0, 0.1) is 13.8 Å². The molecule has 0 fully saturated rings. The summed E-state index contributed by atoms with van der Waals surface area (Å²) in [5, 5.41) is 6.57. The Bertz CT molecular complexity index is 1540. The molecule has 0 aliphatic rings. The molecule has 8 heteroatoms. The number of amides is 1. The minimum atomic E-state index is -0.0178. The number of aromatic nitrogens is 3. The standard InChI is InChI=1S/C32H35N5O3/c1-5-6-11-30-29(32(39)37(23(3)35-30)20-26-17-12-22(2)19-33-26)18-24-13-15-25(16-14-24)27-9-7-8-10-28(27)31(34-21-38)36-40-4/h7-10,12-17,19,21H,5-6,11,18,20H2,1-4H3,(H,34,36,38). The van der Waals surface area contributed by atoms with Crippen LogP contribution in [0.4, 0.5) is 0 Å². The summed E-state index contributed by atoms with van der Waals surface area (Å²) in [5.74, 6) is 1.03. The minimum absolute atomic E-state index is 0.0178. The number of amidine groups is 1.